The number of methoxy groups -OCH3 is 1. The van der Waals surface area contributed by atoms with Crippen LogP contribution in [0.15, 0.2) is 18.2 Å². The lowest BCUT2D eigenvalue weighted by atomic mass is 9.85. The summed E-state index contributed by atoms with van der Waals surface area (Å²) < 4.78 is 5.32. The number of ether oxygens (including phenoxy) is 1. The third kappa shape index (κ3) is 2.91. The van der Waals surface area contributed by atoms with Crippen LogP contribution in [-0.2, 0) is 11.2 Å². The molecule has 4 heteroatoms. The number of fused-ring (bicyclic) bond motifs is 1. The maximum Gasteiger partial charge on any atom is 0.307 e. The molecule has 4 nitrogen and oxygen atoms in total. The minimum absolute atomic E-state index is 0.206. The van der Waals surface area contributed by atoms with Gasteiger partial charge in [-0.25, -0.2) is 0 Å². The van der Waals surface area contributed by atoms with Gasteiger partial charge < -0.3 is 9.84 Å². The number of aliphatic carboxylic acids is 1. The predicted octanol–water partition coefficient (Wildman–Crippen LogP) is 2.87. The molecule has 1 N–H and O–H groups in total. The molecule has 1 heterocycles. The summed E-state index contributed by atoms with van der Waals surface area (Å²) in [6.45, 7) is 1.70. The first-order chi connectivity index (χ1) is 10.2. The van der Waals surface area contributed by atoms with E-state index in [1.807, 2.05) is 6.07 Å². The average Bonchev–Trinajstić information content (AvgIpc) is 2.53. The average molecular weight is 289 g/mol. The molecule has 0 saturated carbocycles. The van der Waals surface area contributed by atoms with E-state index in [1.165, 1.54) is 17.5 Å². The van der Waals surface area contributed by atoms with Crippen LogP contribution in [0.4, 0.5) is 0 Å². The van der Waals surface area contributed by atoms with E-state index in [0.717, 1.165) is 38.0 Å². The van der Waals surface area contributed by atoms with Crippen LogP contribution in [0.1, 0.15) is 42.9 Å². The van der Waals surface area contributed by atoms with Crippen molar-refractivity contribution >= 4 is 5.97 Å². The molecule has 0 aromatic heterocycles. The monoisotopic (exact) mass is 289 g/mol. The van der Waals surface area contributed by atoms with Crippen molar-refractivity contribution in [3.05, 3.63) is 29.3 Å². The normalized spacial score (nSPS) is 26.1. The number of piperidine rings is 1. The minimum Gasteiger partial charge on any atom is -0.497 e. The second kappa shape index (κ2) is 6.06. The van der Waals surface area contributed by atoms with Crippen molar-refractivity contribution in [1.29, 1.82) is 0 Å². The van der Waals surface area contributed by atoms with Gasteiger partial charge in [0.05, 0.1) is 13.0 Å². The van der Waals surface area contributed by atoms with Gasteiger partial charge in [0.2, 0.25) is 0 Å². The molecular formula is C17H23NO3. The summed E-state index contributed by atoms with van der Waals surface area (Å²) in [4.78, 5) is 13.7. The highest BCUT2D eigenvalue weighted by molar-refractivity contribution is 5.70. The second-order valence-corrected chi connectivity index (χ2v) is 6.15. The zero-order chi connectivity index (χ0) is 14.8. The summed E-state index contributed by atoms with van der Waals surface area (Å²) >= 11 is 0. The topological polar surface area (TPSA) is 49.8 Å². The summed E-state index contributed by atoms with van der Waals surface area (Å²) in [7, 11) is 1.70. The number of benzene rings is 1. The van der Waals surface area contributed by atoms with Gasteiger partial charge >= 0.3 is 5.97 Å². The fraction of sp³-hybridized carbons (Fsp3) is 0.588. The van der Waals surface area contributed by atoms with Crippen LogP contribution in [-0.4, -0.2) is 36.2 Å². The number of hydrogen-bond donors (Lipinski definition) is 1. The van der Waals surface area contributed by atoms with E-state index in [4.69, 9.17) is 4.74 Å². The third-order valence-corrected chi connectivity index (χ3v) is 4.88. The van der Waals surface area contributed by atoms with Crippen molar-refractivity contribution in [2.45, 2.75) is 38.1 Å². The van der Waals surface area contributed by atoms with Gasteiger partial charge in [-0.3, -0.25) is 9.69 Å². The van der Waals surface area contributed by atoms with E-state index in [-0.39, 0.29) is 5.92 Å². The maximum atomic E-state index is 11.3. The Labute approximate surface area is 125 Å². The summed E-state index contributed by atoms with van der Waals surface area (Å²) in [6.07, 6.45) is 5.19. The molecule has 2 unspecified atom stereocenters. The first-order valence-electron chi connectivity index (χ1n) is 7.82. The summed E-state index contributed by atoms with van der Waals surface area (Å²) in [5.41, 5.74) is 2.73. The number of nitrogens with zero attached hydrogens (tertiary/aromatic N) is 1. The Morgan fingerprint density at radius 1 is 1.33 bits per heavy atom. The van der Waals surface area contributed by atoms with Gasteiger partial charge in [0.25, 0.3) is 0 Å². The SMILES string of the molecule is COc1ccc2c(c1)CCCC2N1CCCC(C(=O)O)C1. The quantitative estimate of drug-likeness (QED) is 0.929. The first-order valence-corrected chi connectivity index (χ1v) is 7.82. The fourth-order valence-electron chi connectivity index (χ4n) is 3.76. The standard InChI is InChI=1S/C17H23NO3/c1-21-14-7-8-15-12(10-14)4-2-6-16(15)18-9-3-5-13(11-18)17(19)20/h7-8,10,13,16H,2-6,9,11H2,1H3,(H,19,20). The summed E-state index contributed by atoms with van der Waals surface area (Å²) in [5.74, 6) is 0.0595. The number of rotatable bonds is 3. The van der Waals surface area contributed by atoms with Gasteiger partial charge in [-0.05, 0) is 61.9 Å². The van der Waals surface area contributed by atoms with Gasteiger partial charge in [0.15, 0.2) is 0 Å². The van der Waals surface area contributed by atoms with E-state index in [1.54, 1.807) is 7.11 Å². The third-order valence-electron chi connectivity index (χ3n) is 4.88. The van der Waals surface area contributed by atoms with E-state index >= 15 is 0 Å². The molecule has 114 valence electrons. The van der Waals surface area contributed by atoms with Gasteiger partial charge in [-0.15, -0.1) is 0 Å². The van der Waals surface area contributed by atoms with Crippen molar-refractivity contribution in [2.75, 3.05) is 20.2 Å². The highest BCUT2D eigenvalue weighted by atomic mass is 16.5. The van der Waals surface area contributed by atoms with E-state index < -0.39 is 5.97 Å². The molecule has 1 aliphatic carbocycles. The van der Waals surface area contributed by atoms with E-state index in [2.05, 4.69) is 17.0 Å². The van der Waals surface area contributed by atoms with E-state index in [9.17, 15) is 9.90 Å². The van der Waals surface area contributed by atoms with Crippen molar-refractivity contribution in [1.82, 2.24) is 4.90 Å². The molecule has 1 saturated heterocycles. The van der Waals surface area contributed by atoms with Crippen LogP contribution in [0.3, 0.4) is 0 Å². The number of carboxylic acids is 1. The summed E-state index contributed by atoms with van der Waals surface area (Å²) in [5, 5.41) is 9.27. The molecule has 21 heavy (non-hydrogen) atoms. The minimum atomic E-state index is -0.648. The Morgan fingerprint density at radius 3 is 2.95 bits per heavy atom. The molecule has 0 amide bonds. The number of carboxylic acid groups (broad SMARTS) is 1. The molecule has 2 aliphatic rings. The lowest BCUT2D eigenvalue weighted by Crippen LogP contribution is -2.41. The Hall–Kier alpha value is -1.55. The van der Waals surface area contributed by atoms with Crippen molar-refractivity contribution < 1.29 is 14.6 Å². The van der Waals surface area contributed by atoms with Crippen LogP contribution in [0.25, 0.3) is 0 Å². The largest absolute Gasteiger partial charge is 0.497 e. The lowest BCUT2D eigenvalue weighted by Gasteiger charge is -2.40. The zero-order valence-electron chi connectivity index (χ0n) is 12.5. The summed E-state index contributed by atoms with van der Waals surface area (Å²) in [6, 6.07) is 6.71. The smallest absolute Gasteiger partial charge is 0.307 e. The number of aryl methyl sites for hydroxylation is 1. The van der Waals surface area contributed by atoms with E-state index in [0.29, 0.717) is 12.6 Å². The van der Waals surface area contributed by atoms with Crippen LogP contribution in [0, 0.1) is 5.92 Å². The lowest BCUT2D eigenvalue weighted by molar-refractivity contribution is -0.144. The molecule has 2 atom stereocenters. The molecule has 0 bridgehead atoms. The van der Waals surface area contributed by atoms with Crippen LogP contribution >= 0.6 is 0 Å². The molecule has 1 aliphatic heterocycles. The Kier molecular flexibility index (Phi) is 4.15. The highest BCUT2D eigenvalue weighted by Crippen LogP contribution is 2.37. The van der Waals surface area contributed by atoms with Gasteiger partial charge in [-0.2, -0.15) is 0 Å². The maximum absolute atomic E-state index is 11.3. The van der Waals surface area contributed by atoms with Crippen molar-refractivity contribution in [3.8, 4) is 5.75 Å². The molecule has 0 spiro atoms. The Balaban J connectivity index is 1.82. The Morgan fingerprint density at radius 2 is 2.19 bits per heavy atom. The van der Waals surface area contributed by atoms with Crippen LogP contribution in [0.2, 0.25) is 0 Å². The number of likely N-dealkylation sites (tertiary alicyclic amines) is 1. The fourth-order valence-corrected chi connectivity index (χ4v) is 3.76. The predicted molar refractivity (Wildman–Crippen MR) is 80.6 cm³/mol. The molecule has 0 radical (unpaired) electrons. The van der Waals surface area contributed by atoms with Crippen molar-refractivity contribution in [2.24, 2.45) is 5.92 Å². The first kappa shape index (κ1) is 14.4. The number of hydrogen-bond acceptors (Lipinski definition) is 3. The van der Waals surface area contributed by atoms with Crippen molar-refractivity contribution in [3.63, 3.8) is 0 Å². The molecule has 1 fully saturated rings. The van der Waals surface area contributed by atoms with Gasteiger partial charge in [0.1, 0.15) is 5.75 Å². The molecule has 3 rings (SSSR count). The molecule has 1 aromatic carbocycles. The highest BCUT2D eigenvalue weighted by Gasteiger charge is 2.32. The van der Waals surface area contributed by atoms with Crippen LogP contribution in [0.5, 0.6) is 5.75 Å². The molecular weight excluding hydrogens is 266 g/mol. The Bertz CT molecular complexity index is 529. The zero-order valence-corrected chi connectivity index (χ0v) is 12.5. The van der Waals surface area contributed by atoms with Gasteiger partial charge in [-0.1, -0.05) is 6.07 Å². The second-order valence-electron chi connectivity index (χ2n) is 6.15. The van der Waals surface area contributed by atoms with Crippen LogP contribution < -0.4 is 4.74 Å². The number of carbonyl (C=O) groups is 1. The molecule has 1 aromatic rings. The van der Waals surface area contributed by atoms with Gasteiger partial charge in [0, 0.05) is 12.6 Å².